The molecule has 0 bridgehead atoms. The number of nitrogens with zero attached hydrogens (tertiary/aromatic N) is 1. The second-order valence-electron chi connectivity index (χ2n) is 3.44. The number of allylic oxidation sites excluding steroid dienone is 1. The van der Waals surface area contributed by atoms with Crippen molar-refractivity contribution in [2.24, 2.45) is 5.92 Å². The Hall–Kier alpha value is -0.790. The fourth-order valence-corrected chi connectivity index (χ4v) is 0.832. The fraction of sp³-hybridized carbons (Fsp3) is 0.700. The van der Waals surface area contributed by atoms with Crippen LogP contribution in [0.3, 0.4) is 0 Å². The van der Waals surface area contributed by atoms with Gasteiger partial charge in [-0.1, -0.05) is 19.9 Å². The fourth-order valence-electron chi connectivity index (χ4n) is 0.832. The van der Waals surface area contributed by atoms with Crippen molar-refractivity contribution < 1.29 is 4.79 Å². The van der Waals surface area contributed by atoms with Gasteiger partial charge in [-0.3, -0.25) is 4.79 Å². The Morgan fingerprint density at radius 2 is 2.08 bits per heavy atom. The highest BCUT2D eigenvalue weighted by Crippen LogP contribution is 2.00. The van der Waals surface area contributed by atoms with Gasteiger partial charge in [0, 0.05) is 13.6 Å². The third-order valence-electron chi connectivity index (χ3n) is 1.73. The molecule has 0 heterocycles. The first kappa shape index (κ1) is 11.2. The molecule has 0 aromatic carbocycles. The zero-order chi connectivity index (χ0) is 9.56. The van der Waals surface area contributed by atoms with E-state index in [4.69, 9.17) is 0 Å². The van der Waals surface area contributed by atoms with Crippen LogP contribution < -0.4 is 0 Å². The molecule has 2 nitrogen and oxygen atoms in total. The summed E-state index contributed by atoms with van der Waals surface area (Å²) in [4.78, 5) is 12.9. The van der Waals surface area contributed by atoms with Gasteiger partial charge >= 0.3 is 0 Å². The molecule has 0 aliphatic carbocycles. The van der Waals surface area contributed by atoms with Crippen LogP contribution in [0.4, 0.5) is 0 Å². The molecule has 0 rings (SSSR count). The van der Waals surface area contributed by atoms with Gasteiger partial charge in [-0.15, -0.1) is 0 Å². The molecule has 0 aromatic heterocycles. The van der Waals surface area contributed by atoms with Crippen molar-refractivity contribution in [2.75, 3.05) is 13.6 Å². The van der Waals surface area contributed by atoms with Crippen molar-refractivity contribution in [3.8, 4) is 0 Å². The summed E-state index contributed by atoms with van der Waals surface area (Å²) in [7, 11) is 1.84. The Kier molecular flexibility index (Phi) is 5.43. The van der Waals surface area contributed by atoms with Crippen molar-refractivity contribution in [3.05, 3.63) is 12.2 Å². The van der Waals surface area contributed by atoms with Crippen molar-refractivity contribution in [3.63, 3.8) is 0 Å². The summed E-state index contributed by atoms with van der Waals surface area (Å²) in [5, 5.41) is 0. The highest BCUT2D eigenvalue weighted by atomic mass is 16.2. The molecule has 0 aromatic rings. The monoisotopic (exact) mass is 169 g/mol. The summed E-state index contributed by atoms with van der Waals surface area (Å²) < 4.78 is 0. The molecule has 0 spiro atoms. The van der Waals surface area contributed by atoms with E-state index in [0.29, 0.717) is 5.92 Å². The third-order valence-corrected chi connectivity index (χ3v) is 1.73. The molecule has 0 aliphatic heterocycles. The highest BCUT2D eigenvalue weighted by molar-refractivity contribution is 5.87. The summed E-state index contributed by atoms with van der Waals surface area (Å²) in [6, 6.07) is 0. The minimum Gasteiger partial charge on any atom is -0.342 e. The molecule has 0 atom stereocenters. The van der Waals surface area contributed by atoms with Crippen LogP contribution in [-0.4, -0.2) is 24.4 Å². The zero-order valence-electron chi connectivity index (χ0n) is 8.50. The normalized spacial score (nSPS) is 11.1. The van der Waals surface area contributed by atoms with Crippen LogP contribution in [0.15, 0.2) is 12.2 Å². The summed E-state index contributed by atoms with van der Waals surface area (Å²) in [5.74, 6) is 0.754. The first-order valence-corrected chi connectivity index (χ1v) is 4.45. The van der Waals surface area contributed by atoms with Crippen LogP contribution in [0, 0.1) is 5.92 Å². The third kappa shape index (κ3) is 4.94. The van der Waals surface area contributed by atoms with Gasteiger partial charge in [-0.25, -0.2) is 0 Å². The topological polar surface area (TPSA) is 20.3 Å². The van der Waals surface area contributed by atoms with Crippen molar-refractivity contribution in [1.29, 1.82) is 0 Å². The lowest BCUT2D eigenvalue weighted by molar-refractivity contribution is -0.124. The summed E-state index contributed by atoms with van der Waals surface area (Å²) >= 11 is 0. The predicted molar refractivity (Wildman–Crippen MR) is 51.9 cm³/mol. The quantitative estimate of drug-likeness (QED) is 0.590. The minimum atomic E-state index is 0.0955. The van der Waals surface area contributed by atoms with E-state index in [9.17, 15) is 4.79 Å². The minimum absolute atomic E-state index is 0.0955. The zero-order valence-corrected chi connectivity index (χ0v) is 8.50. The molecule has 0 unspecified atom stereocenters. The van der Waals surface area contributed by atoms with Gasteiger partial charge in [0.25, 0.3) is 0 Å². The van der Waals surface area contributed by atoms with E-state index in [2.05, 4.69) is 13.8 Å². The first-order chi connectivity index (χ1) is 5.57. The van der Waals surface area contributed by atoms with E-state index < -0.39 is 0 Å². The molecule has 0 saturated heterocycles. The number of likely N-dealkylation sites (N-methyl/N-ethyl adjacent to an activating group) is 1. The number of carbonyl (C=O) groups is 1. The number of hydrogen-bond acceptors (Lipinski definition) is 1. The van der Waals surface area contributed by atoms with Crippen LogP contribution in [-0.2, 0) is 4.79 Å². The second kappa shape index (κ2) is 5.81. The van der Waals surface area contributed by atoms with Crippen LogP contribution in [0.5, 0.6) is 0 Å². The maximum Gasteiger partial charge on any atom is 0.245 e. The van der Waals surface area contributed by atoms with E-state index in [1.165, 1.54) is 0 Å². The van der Waals surface area contributed by atoms with E-state index in [-0.39, 0.29) is 5.91 Å². The Morgan fingerprint density at radius 3 is 2.50 bits per heavy atom. The summed E-state index contributed by atoms with van der Waals surface area (Å²) in [6.45, 7) is 7.02. The molecule has 1 amide bonds. The molecular formula is C10H19NO. The Morgan fingerprint density at radius 1 is 1.50 bits per heavy atom. The van der Waals surface area contributed by atoms with Gasteiger partial charge in [0.2, 0.25) is 5.91 Å². The maximum absolute atomic E-state index is 11.2. The molecule has 0 saturated carbocycles. The van der Waals surface area contributed by atoms with Crippen LogP contribution in [0.25, 0.3) is 0 Å². The van der Waals surface area contributed by atoms with E-state index in [0.717, 1.165) is 13.0 Å². The SMILES string of the molecule is CC=CC(=O)N(C)CCC(C)C. The average Bonchev–Trinajstić information content (AvgIpc) is 2.00. The summed E-state index contributed by atoms with van der Waals surface area (Å²) in [5.41, 5.74) is 0. The smallest absolute Gasteiger partial charge is 0.245 e. The van der Waals surface area contributed by atoms with Gasteiger partial charge in [-0.05, 0) is 25.3 Å². The lowest BCUT2D eigenvalue weighted by Gasteiger charge is -2.15. The largest absolute Gasteiger partial charge is 0.342 e. The summed E-state index contributed by atoms with van der Waals surface area (Å²) in [6.07, 6.45) is 4.44. The number of rotatable bonds is 4. The van der Waals surface area contributed by atoms with Crippen molar-refractivity contribution >= 4 is 5.91 Å². The van der Waals surface area contributed by atoms with Gasteiger partial charge in [0.1, 0.15) is 0 Å². The number of amides is 1. The van der Waals surface area contributed by atoms with Crippen LogP contribution in [0.1, 0.15) is 27.2 Å². The van der Waals surface area contributed by atoms with Crippen LogP contribution >= 0.6 is 0 Å². The Labute approximate surface area is 75.3 Å². The number of carbonyl (C=O) groups excluding carboxylic acids is 1. The molecule has 70 valence electrons. The van der Waals surface area contributed by atoms with Gasteiger partial charge in [0.15, 0.2) is 0 Å². The standard InChI is InChI=1S/C10H19NO/c1-5-6-10(12)11(4)8-7-9(2)3/h5-6,9H,7-8H2,1-4H3. The maximum atomic E-state index is 11.2. The lowest BCUT2D eigenvalue weighted by atomic mass is 10.1. The molecule has 12 heavy (non-hydrogen) atoms. The molecule has 0 N–H and O–H groups in total. The van der Waals surface area contributed by atoms with Crippen molar-refractivity contribution in [2.45, 2.75) is 27.2 Å². The van der Waals surface area contributed by atoms with Crippen LogP contribution in [0.2, 0.25) is 0 Å². The van der Waals surface area contributed by atoms with Gasteiger partial charge < -0.3 is 4.90 Å². The van der Waals surface area contributed by atoms with Gasteiger partial charge in [0.05, 0.1) is 0 Å². The second-order valence-corrected chi connectivity index (χ2v) is 3.44. The molecule has 2 heteroatoms. The predicted octanol–water partition coefficient (Wildman–Crippen LogP) is 2.07. The Balaban J connectivity index is 3.71. The van der Waals surface area contributed by atoms with E-state index >= 15 is 0 Å². The Bertz CT molecular complexity index is 161. The number of hydrogen-bond donors (Lipinski definition) is 0. The van der Waals surface area contributed by atoms with Gasteiger partial charge in [-0.2, -0.15) is 0 Å². The molecule has 0 radical (unpaired) electrons. The molecule has 0 fully saturated rings. The first-order valence-electron chi connectivity index (χ1n) is 4.45. The lowest BCUT2D eigenvalue weighted by Crippen LogP contribution is -2.26. The van der Waals surface area contributed by atoms with E-state index in [1.807, 2.05) is 14.0 Å². The van der Waals surface area contributed by atoms with Crippen molar-refractivity contribution in [1.82, 2.24) is 4.90 Å². The molecule has 0 aliphatic rings. The van der Waals surface area contributed by atoms with E-state index in [1.54, 1.807) is 17.1 Å². The average molecular weight is 169 g/mol. The molecular weight excluding hydrogens is 150 g/mol. The highest BCUT2D eigenvalue weighted by Gasteiger charge is 2.04.